The molecule has 0 spiro atoms. The van der Waals surface area contributed by atoms with E-state index in [-0.39, 0.29) is 5.82 Å². The number of hydrogen-bond acceptors (Lipinski definition) is 1. The fraction of sp³-hybridized carbons (Fsp3) is 0.647. The summed E-state index contributed by atoms with van der Waals surface area (Å²) in [4.78, 5) is 0. The lowest BCUT2D eigenvalue weighted by molar-refractivity contribution is 0.340. The molecule has 3 rings (SSSR count). The minimum Gasteiger partial charge on any atom is -0.310 e. The van der Waals surface area contributed by atoms with Crippen LogP contribution in [0.15, 0.2) is 18.2 Å². The minimum atomic E-state index is -0.121. The number of benzene rings is 1. The summed E-state index contributed by atoms with van der Waals surface area (Å²) in [5.74, 6) is 2.62. The highest BCUT2D eigenvalue weighted by molar-refractivity contribution is 5.30. The predicted octanol–water partition coefficient (Wildman–Crippen LogP) is 4.22. The van der Waals surface area contributed by atoms with Gasteiger partial charge in [0.2, 0.25) is 0 Å². The Morgan fingerprint density at radius 3 is 2.63 bits per heavy atom. The quantitative estimate of drug-likeness (QED) is 0.836. The molecule has 2 saturated carbocycles. The fourth-order valence-corrected chi connectivity index (χ4v) is 3.85. The van der Waals surface area contributed by atoms with Crippen LogP contribution in [-0.4, -0.2) is 6.54 Å². The highest BCUT2D eigenvalue weighted by atomic mass is 19.1. The SMILES string of the molecule is CCCNC(c1ccc(F)cc1C)C1CC2CC2C1. The molecule has 1 aromatic rings. The first-order valence-corrected chi connectivity index (χ1v) is 7.68. The van der Waals surface area contributed by atoms with E-state index in [0.717, 1.165) is 36.3 Å². The second-order valence-corrected chi connectivity index (χ2v) is 6.42. The van der Waals surface area contributed by atoms with Gasteiger partial charge in [0.15, 0.2) is 0 Å². The lowest BCUT2D eigenvalue weighted by Crippen LogP contribution is -2.29. The first-order valence-electron chi connectivity index (χ1n) is 7.68. The Labute approximate surface area is 115 Å². The Hall–Kier alpha value is -0.890. The molecule has 0 heterocycles. The van der Waals surface area contributed by atoms with Gasteiger partial charge in [0.25, 0.3) is 0 Å². The molecule has 0 aromatic heterocycles. The molecule has 3 unspecified atom stereocenters. The van der Waals surface area contributed by atoms with Crippen LogP contribution in [0.3, 0.4) is 0 Å². The van der Waals surface area contributed by atoms with Crippen molar-refractivity contribution in [3.05, 3.63) is 35.1 Å². The van der Waals surface area contributed by atoms with Gasteiger partial charge in [-0.3, -0.25) is 0 Å². The first-order chi connectivity index (χ1) is 9.19. The van der Waals surface area contributed by atoms with Crippen molar-refractivity contribution in [2.24, 2.45) is 17.8 Å². The van der Waals surface area contributed by atoms with E-state index in [1.54, 1.807) is 12.1 Å². The van der Waals surface area contributed by atoms with Crippen molar-refractivity contribution >= 4 is 0 Å². The summed E-state index contributed by atoms with van der Waals surface area (Å²) >= 11 is 0. The third-order valence-electron chi connectivity index (χ3n) is 4.93. The van der Waals surface area contributed by atoms with Crippen LogP contribution in [0, 0.1) is 30.5 Å². The van der Waals surface area contributed by atoms with Gasteiger partial charge in [0.05, 0.1) is 0 Å². The maximum atomic E-state index is 13.3. The van der Waals surface area contributed by atoms with Crippen molar-refractivity contribution in [3.8, 4) is 0 Å². The Morgan fingerprint density at radius 1 is 1.26 bits per heavy atom. The Bertz CT molecular complexity index is 447. The molecule has 0 radical (unpaired) electrons. The summed E-state index contributed by atoms with van der Waals surface area (Å²) in [7, 11) is 0. The van der Waals surface area contributed by atoms with Crippen molar-refractivity contribution in [3.63, 3.8) is 0 Å². The molecule has 3 atom stereocenters. The van der Waals surface area contributed by atoms with Gasteiger partial charge in [-0.15, -0.1) is 0 Å². The largest absolute Gasteiger partial charge is 0.310 e. The van der Waals surface area contributed by atoms with Gasteiger partial charge in [0.1, 0.15) is 5.82 Å². The molecule has 19 heavy (non-hydrogen) atoms. The summed E-state index contributed by atoms with van der Waals surface area (Å²) < 4.78 is 13.3. The molecular formula is C17H24FN. The number of halogens is 1. The lowest BCUT2D eigenvalue weighted by atomic mass is 9.87. The summed E-state index contributed by atoms with van der Waals surface area (Å²) in [5, 5.41) is 3.71. The average Bonchev–Trinajstić information content (AvgIpc) is 2.99. The minimum absolute atomic E-state index is 0.121. The van der Waals surface area contributed by atoms with Crippen LogP contribution in [0.2, 0.25) is 0 Å². The van der Waals surface area contributed by atoms with Crippen LogP contribution in [-0.2, 0) is 0 Å². The van der Waals surface area contributed by atoms with E-state index in [0.29, 0.717) is 6.04 Å². The Kier molecular flexibility index (Phi) is 3.62. The van der Waals surface area contributed by atoms with Gasteiger partial charge in [-0.1, -0.05) is 13.0 Å². The fourth-order valence-electron chi connectivity index (χ4n) is 3.85. The number of nitrogens with one attached hydrogen (secondary N) is 1. The van der Waals surface area contributed by atoms with E-state index in [2.05, 4.69) is 12.2 Å². The van der Waals surface area contributed by atoms with Crippen LogP contribution in [0.25, 0.3) is 0 Å². The number of aryl methyl sites for hydroxylation is 1. The first kappa shape index (κ1) is 13.1. The third-order valence-corrected chi connectivity index (χ3v) is 4.93. The van der Waals surface area contributed by atoms with Gasteiger partial charge >= 0.3 is 0 Å². The van der Waals surface area contributed by atoms with E-state index < -0.39 is 0 Å². The van der Waals surface area contributed by atoms with Crippen LogP contribution in [0.1, 0.15) is 49.8 Å². The molecule has 1 nitrogen and oxygen atoms in total. The Morgan fingerprint density at radius 2 is 2.00 bits per heavy atom. The maximum absolute atomic E-state index is 13.3. The Balaban J connectivity index is 1.80. The van der Waals surface area contributed by atoms with Crippen molar-refractivity contribution < 1.29 is 4.39 Å². The van der Waals surface area contributed by atoms with Crippen LogP contribution >= 0.6 is 0 Å². The molecule has 0 amide bonds. The molecule has 2 aliphatic rings. The second kappa shape index (κ2) is 5.24. The van der Waals surface area contributed by atoms with E-state index in [1.165, 1.54) is 24.8 Å². The molecule has 2 aliphatic carbocycles. The molecule has 0 aliphatic heterocycles. The second-order valence-electron chi connectivity index (χ2n) is 6.42. The standard InChI is InChI=1S/C17H24FN/c1-3-6-19-17(14-9-12-8-13(12)10-14)16-5-4-15(18)7-11(16)2/h4-5,7,12-14,17,19H,3,6,8-10H2,1-2H3. The molecule has 0 saturated heterocycles. The summed E-state index contributed by atoms with van der Waals surface area (Å²) in [6, 6.07) is 5.69. The zero-order valence-electron chi connectivity index (χ0n) is 12.0. The summed E-state index contributed by atoms with van der Waals surface area (Å²) in [6.45, 7) is 5.29. The molecule has 1 N–H and O–H groups in total. The molecule has 0 bridgehead atoms. The highest BCUT2D eigenvalue weighted by Crippen LogP contribution is 2.57. The zero-order valence-corrected chi connectivity index (χ0v) is 12.0. The van der Waals surface area contributed by atoms with E-state index in [4.69, 9.17) is 0 Å². The van der Waals surface area contributed by atoms with Crippen LogP contribution in [0.5, 0.6) is 0 Å². The zero-order chi connectivity index (χ0) is 13.4. The van der Waals surface area contributed by atoms with Crippen molar-refractivity contribution in [2.45, 2.75) is 45.6 Å². The summed E-state index contributed by atoms with van der Waals surface area (Å²) in [6.07, 6.45) is 5.33. The smallest absolute Gasteiger partial charge is 0.123 e. The summed E-state index contributed by atoms with van der Waals surface area (Å²) in [5.41, 5.74) is 2.40. The number of rotatable bonds is 5. The van der Waals surface area contributed by atoms with Gasteiger partial charge in [-0.25, -0.2) is 4.39 Å². The van der Waals surface area contributed by atoms with Gasteiger partial charge in [-0.2, -0.15) is 0 Å². The van der Waals surface area contributed by atoms with Gasteiger partial charge in [0, 0.05) is 6.04 Å². The van der Waals surface area contributed by atoms with Gasteiger partial charge < -0.3 is 5.32 Å². The molecular weight excluding hydrogens is 237 g/mol. The third kappa shape index (κ3) is 2.69. The predicted molar refractivity (Wildman–Crippen MR) is 76.5 cm³/mol. The topological polar surface area (TPSA) is 12.0 Å². The monoisotopic (exact) mass is 261 g/mol. The van der Waals surface area contributed by atoms with Crippen molar-refractivity contribution in [2.75, 3.05) is 6.54 Å². The van der Waals surface area contributed by atoms with E-state index in [9.17, 15) is 4.39 Å². The molecule has 1 aromatic carbocycles. The lowest BCUT2D eigenvalue weighted by Gasteiger charge is -2.28. The van der Waals surface area contributed by atoms with Crippen molar-refractivity contribution in [1.82, 2.24) is 5.32 Å². The van der Waals surface area contributed by atoms with Crippen molar-refractivity contribution in [1.29, 1.82) is 0 Å². The van der Waals surface area contributed by atoms with Gasteiger partial charge in [-0.05, 0) is 80.2 Å². The molecule has 2 heteroatoms. The van der Waals surface area contributed by atoms with E-state index >= 15 is 0 Å². The van der Waals surface area contributed by atoms with Crippen LogP contribution < -0.4 is 5.32 Å². The number of fused-ring (bicyclic) bond motifs is 1. The average molecular weight is 261 g/mol. The highest BCUT2D eigenvalue weighted by Gasteiger charge is 2.48. The number of hydrogen-bond donors (Lipinski definition) is 1. The maximum Gasteiger partial charge on any atom is 0.123 e. The van der Waals surface area contributed by atoms with E-state index in [1.807, 2.05) is 13.0 Å². The van der Waals surface area contributed by atoms with Crippen LogP contribution in [0.4, 0.5) is 4.39 Å². The molecule has 104 valence electrons. The normalized spacial score (nSPS) is 30.2. The molecule has 2 fully saturated rings.